The van der Waals surface area contributed by atoms with Crippen molar-refractivity contribution < 1.29 is 19.1 Å². The fourth-order valence-corrected chi connectivity index (χ4v) is 3.86. The number of hydrogen-bond acceptors (Lipinski definition) is 12. The second-order valence-corrected chi connectivity index (χ2v) is 9.45. The number of halogens is 3. The molecular weight excluding hydrogens is 571 g/mol. The number of anilines is 1. The Morgan fingerprint density at radius 3 is 1.56 bits per heavy atom. The second-order valence-electron chi connectivity index (χ2n) is 8.29. The molecular formula is C24H35Cl3N8O4. The Hall–Kier alpha value is -2.35. The Bertz CT molecular complexity index is 953. The summed E-state index contributed by atoms with van der Waals surface area (Å²) in [7, 11) is 0. The van der Waals surface area contributed by atoms with E-state index in [9.17, 15) is 9.59 Å². The standard InChI is InChI=1S/C12H17ClN4O2.C8H16N2O2.C4H2Cl2N2/c1-2-19-12(18)9-16-5-7-17(8-6-16)11-4-3-10(13)14-15-11;1-2-12-8(11)7-10-5-3-9-4-6-10;5-3-1-2-4(6)8-7-3/h3-4H,2,5-9H2,1H3;9H,2-7H2,1H3;1-2H. The third-order valence-electron chi connectivity index (χ3n) is 5.44. The van der Waals surface area contributed by atoms with Crippen LogP contribution in [0.5, 0.6) is 0 Å². The van der Waals surface area contributed by atoms with Crippen LogP contribution in [-0.2, 0) is 19.1 Å². The maximum Gasteiger partial charge on any atom is 0.320 e. The maximum absolute atomic E-state index is 11.4. The van der Waals surface area contributed by atoms with Crippen molar-refractivity contribution in [2.75, 3.05) is 83.6 Å². The van der Waals surface area contributed by atoms with Gasteiger partial charge in [-0.1, -0.05) is 34.8 Å². The van der Waals surface area contributed by atoms with E-state index in [1.54, 1.807) is 18.2 Å². The van der Waals surface area contributed by atoms with Crippen molar-refractivity contribution in [2.24, 2.45) is 0 Å². The molecule has 0 bridgehead atoms. The molecule has 15 heteroatoms. The van der Waals surface area contributed by atoms with Gasteiger partial charge in [-0.3, -0.25) is 19.4 Å². The fraction of sp³-hybridized carbons (Fsp3) is 0.583. The molecule has 0 aliphatic carbocycles. The average Bonchev–Trinajstić information content (AvgIpc) is 2.93. The van der Waals surface area contributed by atoms with Crippen LogP contribution in [-0.4, -0.2) is 121 Å². The topological polar surface area (TPSA) is 126 Å². The van der Waals surface area contributed by atoms with Crippen LogP contribution in [0.15, 0.2) is 24.3 Å². The van der Waals surface area contributed by atoms with Crippen molar-refractivity contribution in [2.45, 2.75) is 13.8 Å². The van der Waals surface area contributed by atoms with E-state index >= 15 is 0 Å². The summed E-state index contributed by atoms with van der Waals surface area (Å²) in [5.74, 6) is 0.543. The Balaban J connectivity index is 0.000000227. The number of piperazine rings is 2. The fourth-order valence-electron chi connectivity index (χ4n) is 3.56. The average molecular weight is 606 g/mol. The molecule has 0 amide bonds. The van der Waals surface area contributed by atoms with Gasteiger partial charge in [0.25, 0.3) is 0 Å². The zero-order valence-corrected chi connectivity index (χ0v) is 24.5. The van der Waals surface area contributed by atoms with Crippen LogP contribution in [0.3, 0.4) is 0 Å². The van der Waals surface area contributed by atoms with Gasteiger partial charge in [0.1, 0.15) is 0 Å². The second kappa shape index (κ2) is 18.9. The molecule has 0 aromatic carbocycles. The zero-order valence-electron chi connectivity index (χ0n) is 22.2. The minimum atomic E-state index is -0.165. The molecule has 0 spiro atoms. The van der Waals surface area contributed by atoms with E-state index in [2.05, 4.69) is 40.4 Å². The van der Waals surface area contributed by atoms with Crippen LogP contribution < -0.4 is 10.2 Å². The number of aromatic nitrogens is 4. The van der Waals surface area contributed by atoms with E-state index in [1.807, 2.05) is 19.9 Å². The first kappa shape index (κ1) is 32.9. The van der Waals surface area contributed by atoms with Crippen LogP contribution in [0.25, 0.3) is 0 Å². The number of esters is 2. The molecule has 2 aliphatic heterocycles. The lowest BCUT2D eigenvalue weighted by molar-refractivity contribution is -0.145. The smallest absolute Gasteiger partial charge is 0.320 e. The summed E-state index contributed by atoms with van der Waals surface area (Å²) < 4.78 is 9.78. The number of ether oxygens (including phenoxy) is 2. The third-order valence-corrected chi connectivity index (χ3v) is 6.04. The van der Waals surface area contributed by atoms with Crippen molar-refractivity contribution in [3.05, 3.63) is 39.7 Å². The van der Waals surface area contributed by atoms with Gasteiger partial charge < -0.3 is 19.7 Å². The van der Waals surface area contributed by atoms with Gasteiger partial charge in [-0.15, -0.1) is 20.4 Å². The summed E-state index contributed by atoms with van der Waals surface area (Å²) in [6.07, 6.45) is 0. The number of carbonyl (C=O) groups is 2. The first-order valence-corrected chi connectivity index (χ1v) is 13.8. The molecule has 2 aromatic rings. The molecule has 2 saturated heterocycles. The van der Waals surface area contributed by atoms with Gasteiger partial charge >= 0.3 is 11.9 Å². The summed E-state index contributed by atoms with van der Waals surface area (Å²) in [6.45, 7) is 12.4. The quantitative estimate of drug-likeness (QED) is 0.464. The molecule has 0 saturated carbocycles. The molecule has 0 unspecified atom stereocenters. The zero-order chi connectivity index (χ0) is 28.5. The third kappa shape index (κ3) is 14.0. The van der Waals surface area contributed by atoms with E-state index in [1.165, 1.54) is 0 Å². The number of nitrogens with zero attached hydrogens (tertiary/aromatic N) is 7. The number of rotatable bonds is 7. The summed E-state index contributed by atoms with van der Waals surface area (Å²) in [5, 5.41) is 19.1. The Morgan fingerprint density at radius 1 is 0.718 bits per heavy atom. The van der Waals surface area contributed by atoms with Crippen LogP contribution in [0.1, 0.15) is 13.8 Å². The largest absolute Gasteiger partial charge is 0.465 e. The summed E-state index contributed by atoms with van der Waals surface area (Å²) in [4.78, 5) is 28.7. The van der Waals surface area contributed by atoms with Crippen molar-refractivity contribution in [3.8, 4) is 0 Å². The highest BCUT2D eigenvalue weighted by Crippen LogP contribution is 2.14. The SMILES string of the molecule is CCOC(=O)CN1CCN(c2ccc(Cl)nn2)CC1.CCOC(=O)CN1CCNCC1.Clc1ccc(Cl)nn1. The number of carbonyl (C=O) groups excluding carboxylic acids is 2. The van der Waals surface area contributed by atoms with Gasteiger partial charge in [-0.05, 0) is 38.1 Å². The van der Waals surface area contributed by atoms with Gasteiger partial charge in [0.2, 0.25) is 0 Å². The Labute approximate surface area is 243 Å². The van der Waals surface area contributed by atoms with E-state index < -0.39 is 0 Å². The van der Waals surface area contributed by atoms with Gasteiger partial charge in [-0.2, -0.15) is 0 Å². The van der Waals surface area contributed by atoms with Crippen molar-refractivity contribution in [1.82, 2.24) is 35.5 Å². The first-order valence-electron chi connectivity index (χ1n) is 12.7. The summed E-state index contributed by atoms with van der Waals surface area (Å²) in [5.41, 5.74) is 0. The maximum atomic E-state index is 11.4. The molecule has 2 aliphatic rings. The molecule has 4 rings (SSSR count). The van der Waals surface area contributed by atoms with E-state index in [0.29, 0.717) is 41.8 Å². The van der Waals surface area contributed by atoms with Crippen molar-refractivity contribution in [1.29, 1.82) is 0 Å². The first-order chi connectivity index (χ1) is 18.8. The summed E-state index contributed by atoms with van der Waals surface area (Å²) in [6, 6.07) is 6.75. The number of hydrogen-bond donors (Lipinski definition) is 1. The highest BCUT2D eigenvalue weighted by molar-refractivity contribution is 6.31. The monoisotopic (exact) mass is 604 g/mol. The number of nitrogens with one attached hydrogen (secondary N) is 1. The van der Waals surface area contributed by atoms with Crippen molar-refractivity contribution in [3.63, 3.8) is 0 Å². The highest BCUT2D eigenvalue weighted by atomic mass is 35.5. The van der Waals surface area contributed by atoms with Crippen LogP contribution >= 0.6 is 34.8 Å². The molecule has 0 radical (unpaired) electrons. The predicted octanol–water partition coefficient (Wildman–Crippen LogP) is 2.05. The van der Waals surface area contributed by atoms with E-state index in [0.717, 1.165) is 58.2 Å². The van der Waals surface area contributed by atoms with Crippen molar-refractivity contribution >= 4 is 52.6 Å². The van der Waals surface area contributed by atoms with E-state index in [4.69, 9.17) is 44.3 Å². The predicted molar refractivity (Wildman–Crippen MR) is 150 cm³/mol. The lowest BCUT2D eigenvalue weighted by atomic mass is 10.3. The molecule has 12 nitrogen and oxygen atoms in total. The lowest BCUT2D eigenvalue weighted by Crippen LogP contribution is -2.48. The van der Waals surface area contributed by atoms with Crippen LogP contribution in [0.2, 0.25) is 15.5 Å². The molecule has 0 atom stereocenters. The molecule has 216 valence electrons. The Morgan fingerprint density at radius 2 is 1.15 bits per heavy atom. The molecule has 2 fully saturated rings. The highest BCUT2D eigenvalue weighted by Gasteiger charge is 2.20. The van der Waals surface area contributed by atoms with Crippen LogP contribution in [0.4, 0.5) is 5.82 Å². The Kier molecular flexibility index (Phi) is 15.9. The van der Waals surface area contributed by atoms with Gasteiger partial charge in [0.15, 0.2) is 21.3 Å². The normalized spacial score (nSPS) is 15.8. The lowest BCUT2D eigenvalue weighted by Gasteiger charge is -2.34. The van der Waals surface area contributed by atoms with Crippen LogP contribution in [0, 0.1) is 0 Å². The van der Waals surface area contributed by atoms with Gasteiger partial charge in [-0.25, -0.2) is 0 Å². The molecule has 1 N–H and O–H groups in total. The summed E-state index contributed by atoms with van der Waals surface area (Å²) >= 11 is 16.5. The molecule has 39 heavy (non-hydrogen) atoms. The minimum Gasteiger partial charge on any atom is -0.465 e. The molecule has 2 aromatic heterocycles. The van der Waals surface area contributed by atoms with Gasteiger partial charge in [0.05, 0.1) is 26.3 Å². The van der Waals surface area contributed by atoms with Gasteiger partial charge in [0, 0.05) is 52.4 Å². The van der Waals surface area contributed by atoms with E-state index in [-0.39, 0.29) is 11.9 Å². The minimum absolute atomic E-state index is 0.112. The molecule has 4 heterocycles.